The average molecular weight is 667 g/mol. The molecule has 0 saturated heterocycles. The molecule has 0 bridgehead atoms. The first-order chi connectivity index (χ1) is 25.3. The van der Waals surface area contributed by atoms with Crippen molar-refractivity contribution in [3.05, 3.63) is 176 Å². The lowest BCUT2D eigenvalue weighted by Gasteiger charge is -2.10. The fourth-order valence-electron chi connectivity index (χ4n) is 8.20. The van der Waals surface area contributed by atoms with Crippen LogP contribution in [0.25, 0.3) is 103 Å². The van der Waals surface area contributed by atoms with Crippen molar-refractivity contribution < 1.29 is 0 Å². The van der Waals surface area contributed by atoms with Crippen molar-refractivity contribution in [2.24, 2.45) is 0 Å². The van der Waals surface area contributed by atoms with Gasteiger partial charge in [-0.25, -0.2) is 0 Å². The largest absolute Gasteiger partial charge is 0.354 e. The van der Waals surface area contributed by atoms with Gasteiger partial charge in [-0.1, -0.05) is 127 Å². The zero-order valence-electron chi connectivity index (χ0n) is 27.6. The molecule has 0 saturated carbocycles. The number of nitrogens with zero attached hydrogens (tertiary/aromatic N) is 1. The Balaban J connectivity index is 1.02. The second-order valence-electron chi connectivity index (χ2n) is 13.4. The molecule has 0 unspecified atom stereocenters. The van der Waals surface area contributed by atoms with Gasteiger partial charge in [0.15, 0.2) is 0 Å². The summed E-state index contributed by atoms with van der Waals surface area (Å²) in [6, 6.07) is 64.3. The second-order valence-corrected chi connectivity index (χ2v) is 14.4. The minimum Gasteiger partial charge on any atom is -0.354 e. The molecule has 0 fully saturated rings. The van der Waals surface area contributed by atoms with Crippen LogP contribution in [0.1, 0.15) is 0 Å². The first-order valence-electron chi connectivity index (χ1n) is 17.4. The maximum absolute atomic E-state index is 3.80. The van der Waals surface area contributed by atoms with E-state index >= 15 is 0 Å². The van der Waals surface area contributed by atoms with Gasteiger partial charge in [-0.15, -0.1) is 11.3 Å². The zero-order chi connectivity index (χ0) is 33.5. The summed E-state index contributed by atoms with van der Waals surface area (Å²) >= 11 is 1.88. The Labute approximate surface area is 298 Å². The number of H-pyrrole nitrogens is 1. The van der Waals surface area contributed by atoms with Gasteiger partial charge >= 0.3 is 0 Å². The highest BCUT2D eigenvalue weighted by atomic mass is 32.1. The van der Waals surface area contributed by atoms with E-state index in [1.807, 2.05) is 11.3 Å². The van der Waals surface area contributed by atoms with E-state index in [0.717, 1.165) is 11.0 Å². The number of rotatable bonds is 4. The van der Waals surface area contributed by atoms with Gasteiger partial charge in [0.05, 0.1) is 16.6 Å². The number of fused-ring (bicyclic) bond motifs is 9. The summed E-state index contributed by atoms with van der Waals surface area (Å²) < 4.78 is 5.07. The Morgan fingerprint density at radius 3 is 1.71 bits per heavy atom. The smallest absolute Gasteiger partial charge is 0.0544 e. The molecule has 0 aliphatic rings. The van der Waals surface area contributed by atoms with Gasteiger partial charge in [-0.3, -0.25) is 0 Å². The highest BCUT2D eigenvalue weighted by Gasteiger charge is 2.16. The van der Waals surface area contributed by atoms with Crippen LogP contribution in [0.3, 0.4) is 0 Å². The fraction of sp³-hybridized carbons (Fsp3) is 0. The van der Waals surface area contributed by atoms with E-state index in [2.05, 4.69) is 185 Å². The van der Waals surface area contributed by atoms with E-state index in [4.69, 9.17) is 0 Å². The quantitative estimate of drug-likeness (QED) is 0.193. The summed E-state index contributed by atoms with van der Waals surface area (Å²) in [7, 11) is 0. The van der Waals surface area contributed by atoms with Crippen LogP contribution in [0.4, 0.5) is 0 Å². The summed E-state index contributed by atoms with van der Waals surface area (Å²) in [5.41, 5.74) is 13.3. The third-order valence-electron chi connectivity index (χ3n) is 10.5. The van der Waals surface area contributed by atoms with E-state index in [-0.39, 0.29) is 0 Å². The Bertz CT molecular complexity index is 3100. The summed E-state index contributed by atoms with van der Waals surface area (Å²) in [4.78, 5) is 3.80. The summed E-state index contributed by atoms with van der Waals surface area (Å²) in [6.07, 6.45) is 0. The normalized spacial score (nSPS) is 11.9. The van der Waals surface area contributed by atoms with Crippen molar-refractivity contribution in [1.82, 2.24) is 9.55 Å². The predicted molar refractivity (Wildman–Crippen MR) is 219 cm³/mol. The molecule has 3 aromatic heterocycles. The highest BCUT2D eigenvalue weighted by molar-refractivity contribution is 7.26. The first kappa shape index (κ1) is 28.4. The monoisotopic (exact) mass is 666 g/mol. The van der Waals surface area contributed by atoms with Crippen molar-refractivity contribution in [3.8, 4) is 39.1 Å². The molecule has 0 spiro atoms. The standard InChI is InChI=1S/C48H30N2S/c1-4-22-44-37(15-1)38-16-2-5-23-45(38)50(44)34-25-26-43-42(29-34)40-20-9-18-35(47(40)49-43)32-13-7-11-30(27-32)31-12-8-14-33(28-31)36-19-10-21-41-39-17-3-6-24-46(39)51-48(36)41/h1-29,49H. The highest BCUT2D eigenvalue weighted by Crippen LogP contribution is 2.41. The van der Waals surface area contributed by atoms with Crippen molar-refractivity contribution >= 4 is 75.1 Å². The SMILES string of the molecule is c1cc(-c2cccc(-c3cccc4c3sc3ccccc34)c2)cc(-c2cccc3c2[nH]c2ccc(-n4c5ccccc5c5ccccc54)cc23)c1. The van der Waals surface area contributed by atoms with Crippen LogP contribution >= 0.6 is 11.3 Å². The molecule has 3 heteroatoms. The van der Waals surface area contributed by atoms with Crippen LogP contribution in [0.2, 0.25) is 0 Å². The third-order valence-corrected chi connectivity index (χ3v) is 11.8. The number of aromatic nitrogens is 2. The van der Waals surface area contributed by atoms with Crippen molar-refractivity contribution in [2.45, 2.75) is 0 Å². The van der Waals surface area contributed by atoms with Crippen molar-refractivity contribution in [1.29, 1.82) is 0 Å². The van der Waals surface area contributed by atoms with Crippen LogP contribution < -0.4 is 0 Å². The van der Waals surface area contributed by atoms with Crippen LogP contribution in [-0.4, -0.2) is 9.55 Å². The zero-order valence-corrected chi connectivity index (χ0v) is 28.4. The van der Waals surface area contributed by atoms with Crippen LogP contribution in [-0.2, 0) is 0 Å². The Morgan fingerprint density at radius 1 is 0.392 bits per heavy atom. The van der Waals surface area contributed by atoms with E-state index in [1.54, 1.807) is 0 Å². The Hall–Kier alpha value is -6.42. The lowest BCUT2D eigenvalue weighted by molar-refractivity contribution is 1.19. The number of thiophene rings is 1. The van der Waals surface area contributed by atoms with Crippen LogP contribution in [0.15, 0.2) is 176 Å². The molecule has 0 amide bonds. The number of hydrogen-bond donors (Lipinski definition) is 1. The van der Waals surface area contributed by atoms with E-state index in [0.29, 0.717) is 0 Å². The van der Waals surface area contributed by atoms with Gasteiger partial charge in [-0.05, 0) is 76.3 Å². The van der Waals surface area contributed by atoms with Gasteiger partial charge in [0.1, 0.15) is 0 Å². The minimum atomic E-state index is 1.14. The van der Waals surface area contributed by atoms with Crippen LogP contribution in [0.5, 0.6) is 0 Å². The van der Waals surface area contributed by atoms with Crippen molar-refractivity contribution in [2.75, 3.05) is 0 Å². The molecule has 0 radical (unpaired) electrons. The first-order valence-corrected chi connectivity index (χ1v) is 18.2. The fourth-order valence-corrected chi connectivity index (χ4v) is 9.44. The van der Waals surface area contributed by atoms with E-state index in [1.165, 1.54) is 91.8 Å². The van der Waals surface area contributed by atoms with Gasteiger partial charge in [0.25, 0.3) is 0 Å². The third kappa shape index (κ3) is 4.35. The lowest BCUT2D eigenvalue weighted by atomic mass is 9.95. The summed E-state index contributed by atoms with van der Waals surface area (Å²) in [6.45, 7) is 0. The van der Waals surface area contributed by atoms with Gasteiger partial charge < -0.3 is 9.55 Å². The maximum atomic E-state index is 3.80. The molecule has 0 atom stereocenters. The Kier molecular flexibility index (Phi) is 6.16. The molecule has 3 heterocycles. The molecule has 11 rings (SSSR count). The predicted octanol–water partition coefficient (Wildman–Crippen LogP) is 13.8. The molecule has 11 aromatic rings. The number of aromatic amines is 1. The van der Waals surface area contributed by atoms with Crippen LogP contribution in [0, 0.1) is 0 Å². The number of hydrogen-bond acceptors (Lipinski definition) is 1. The van der Waals surface area contributed by atoms with E-state index in [9.17, 15) is 0 Å². The van der Waals surface area contributed by atoms with Gasteiger partial charge in [0.2, 0.25) is 0 Å². The summed E-state index contributed by atoms with van der Waals surface area (Å²) in [5.74, 6) is 0. The molecule has 1 N–H and O–H groups in total. The number of nitrogens with one attached hydrogen (secondary N) is 1. The minimum absolute atomic E-state index is 1.14. The molecule has 0 aliphatic heterocycles. The van der Waals surface area contributed by atoms with Gasteiger partial charge in [0, 0.05) is 58.5 Å². The molecule has 51 heavy (non-hydrogen) atoms. The molecule has 238 valence electrons. The molecular formula is C48H30N2S. The molecule has 0 aliphatic carbocycles. The molecule has 2 nitrogen and oxygen atoms in total. The van der Waals surface area contributed by atoms with Gasteiger partial charge in [-0.2, -0.15) is 0 Å². The Morgan fingerprint density at radius 2 is 0.961 bits per heavy atom. The number of benzene rings is 8. The topological polar surface area (TPSA) is 20.7 Å². The average Bonchev–Trinajstić information content (AvgIpc) is 3.87. The second kappa shape index (κ2) is 11.0. The number of para-hydroxylation sites is 3. The van der Waals surface area contributed by atoms with E-state index < -0.39 is 0 Å². The molecule has 8 aromatic carbocycles. The molecular weight excluding hydrogens is 637 g/mol. The lowest BCUT2D eigenvalue weighted by Crippen LogP contribution is -1.93. The maximum Gasteiger partial charge on any atom is 0.0544 e. The summed E-state index contributed by atoms with van der Waals surface area (Å²) in [5, 5.41) is 7.67. The van der Waals surface area contributed by atoms with Crippen molar-refractivity contribution in [3.63, 3.8) is 0 Å².